The van der Waals surface area contributed by atoms with E-state index in [1.807, 2.05) is 13.0 Å². The van der Waals surface area contributed by atoms with Crippen molar-refractivity contribution in [3.63, 3.8) is 0 Å². The SMILES string of the molecule is CCc1cc2c(=O)n([C@H](C)C(C)=O)cnc2s1. The lowest BCUT2D eigenvalue weighted by Crippen LogP contribution is -2.26. The van der Waals surface area contributed by atoms with E-state index in [2.05, 4.69) is 4.98 Å². The van der Waals surface area contributed by atoms with E-state index in [4.69, 9.17) is 0 Å². The van der Waals surface area contributed by atoms with Crippen molar-refractivity contribution >= 4 is 27.3 Å². The van der Waals surface area contributed by atoms with Crippen molar-refractivity contribution in [2.45, 2.75) is 33.2 Å². The van der Waals surface area contributed by atoms with Crippen LogP contribution in [0.15, 0.2) is 17.2 Å². The van der Waals surface area contributed by atoms with E-state index in [1.165, 1.54) is 29.2 Å². The summed E-state index contributed by atoms with van der Waals surface area (Å²) in [5.41, 5.74) is -0.131. The topological polar surface area (TPSA) is 52.0 Å². The molecular formula is C12H14N2O2S. The average molecular weight is 250 g/mol. The second-order valence-electron chi connectivity index (χ2n) is 4.03. The van der Waals surface area contributed by atoms with Gasteiger partial charge in [-0.2, -0.15) is 0 Å². The minimum absolute atomic E-state index is 0.0424. The normalized spacial score (nSPS) is 12.9. The largest absolute Gasteiger partial charge is 0.298 e. The summed E-state index contributed by atoms with van der Waals surface area (Å²) in [7, 11) is 0. The van der Waals surface area contributed by atoms with Crippen molar-refractivity contribution < 1.29 is 4.79 Å². The molecule has 0 aliphatic heterocycles. The average Bonchev–Trinajstić information content (AvgIpc) is 2.72. The standard InChI is InChI=1S/C12H14N2O2S/c1-4-9-5-10-11(17-9)13-6-14(12(10)16)7(2)8(3)15/h5-7H,4H2,1-3H3/t7-/m1/s1. The van der Waals surface area contributed by atoms with E-state index < -0.39 is 6.04 Å². The zero-order valence-corrected chi connectivity index (χ0v) is 10.9. The molecule has 2 rings (SSSR count). The van der Waals surface area contributed by atoms with Crippen LogP contribution in [0.1, 0.15) is 31.7 Å². The number of hydrogen-bond donors (Lipinski definition) is 0. The van der Waals surface area contributed by atoms with Gasteiger partial charge in [-0.3, -0.25) is 14.2 Å². The molecule has 1 atom stereocenters. The van der Waals surface area contributed by atoms with E-state index in [-0.39, 0.29) is 11.3 Å². The van der Waals surface area contributed by atoms with Crippen molar-refractivity contribution in [2.75, 3.05) is 0 Å². The van der Waals surface area contributed by atoms with Crippen LogP contribution in [-0.2, 0) is 11.2 Å². The Morgan fingerprint density at radius 2 is 2.29 bits per heavy atom. The van der Waals surface area contributed by atoms with Gasteiger partial charge in [0.1, 0.15) is 4.83 Å². The van der Waals surface area contributed by atoms with Crippen LogP contribution < -0.4 is 5.56 Å². The number of Topliss-reactive ketones (excluding diaryl/α,β-unsaturated/α-hetero) is 1. The number of carbonyl (C=O) groups excluding carboxylic acids is 1. The van der Waals surface area contributed by atoms with Gasteiger partial charge in [-0.25, -0.2) is 4.98 Å². The molecule has 2 aromatic heterocycles. The molecule has 0 saturated heterocycles. The number of nitrogens with zero attached hydrogens (tertiary/aromatic N) is 2. The molecule has 0 spiro atoms. The molecular weight excluding hydrogens is 236 g/mol. The maximum atomic E-state index is 12.2. The van der Waals surface area contributed by atoms with E-state index in [0.717, 1.165) is 16.1 Å². The Balaban J connectivity index is 2.65. The number of aryl methyl sites for hydroxylation is 1. The zero-order chi connectivity index (χ0) is 12.6. The number of hydrogen-bond acceptors (Lipinski definition) is 4. The number of thiophene rings is 1. The summed E-state index contributed by atoms with van der Waals surface area (Å²) in [6, 6.07) is 1.42. The van der Waals surface area contributed by atoms with Crippen molar-refractivity contribution in [1.82, 2.24) is 9.55 Å². The molecule has 0 N–H and O–H groups in total. The minimum Gasteiger partial charge on any atom is -0.298 e. The van der Waals surface area contributed by atoms with Crippen LogP contribution in [0.4, 0.5) is 0 Å². The highest BCUT2D eigenvalue weighted by Gasteiger charge is 2.15. The van der Waals surface area contributed by atoms with Gasteiger partial charge >= 0.3 is 0 Å². The lowest BCUT2D eigenvalue weighted by molar-refractivity contribution is -0.119. The molecule has 90 valence electrons. The number of fused-ring (bicyclic) bond motifs is 1. The van der Waals surface area contributed by atoms with E-state index >= 15 is 0 Å². The summed E-state index contributed by atoms with van der Waals surface area (Å²) in [5.74, 6) is -0.0424. The molecule has 0 radical (unpaired) electrons. The summed E-state index contributed by atoms with van der Waals surface area (Å²) < 4.78 is 1.40. The van der Waals surface area contributed by atoms with Crippen LogP contribution in [0.25, 0.3) is 10.2 Å². The third-order valence-electron chi connectivity index (χ3n) is 2.88. The predicted molar refractivity (Wildman–Crippen MR) is 68.7 cm³/mol. The fourth-order valence-corrected chi connectivity index (χ4v) is 2.56. The Hall–Kier alpha value is -1.49. The molecule has 0 aromatic carbocycles. The first-order chi connectivity index (χ1) is 8.04. The predicted octanol–water partition coefficient (Wildman–Crippen LogP) is 2.17. The first-order valence-electron chi connectivity index (χ1n) is 5.54. The second-order valence-corrected chi connectivity index (χ2v) is 5.14. The van der Waals surface area contributed by atoms with Gasteiger partial charge in [0, 0.05) is 4.88 Å². The number of rotatable bonds is 3. The second kappa shape index (κ2) is 4.41. The Kier molecular flexibility index (Phi) is 3.11. The molecule has 2 aromatic rings. The molecule has 2 heterocycles. The zero-order valence-electron chi connectivity index (χ0n) is 10.1. The lowest BCUT2D eigenvalue weighted by atomic mass is 10.2. The van der Waals surface area contributed by atoms with Gasteiger partial charge in [-0.05, 0) is 26.3 Å². The van der Waals surface area contributed by atoms with E-state index in [9.17, 15) is 9.59 Å². The maximum Gasteiger partial charge on any atom is 0.262 e. The first kappa shape index (κ1) is 12.0. The fraction of sp³-hybridized carbons (Fsp3) is 0.417. The molecule has 4 nitrogen and oxygen atoms in total. The van der Waals surface area contributed by atoms with E-state index in [1.54, 1.807) is 6.92 Å². The lowest BCUT2D eigenvalue weighted by Gasteiger charge is -2.10. The first-order valence-corrected chi connectivity index (χ1v) is 6.36. The van der Waals surface area contributed by atoms with Gasteiger partial charge in [0.25, 0.3) is 5.56 Å². The molecule has 0 unspecified atom stereocenters. The Morgan fingerprint density at radius 1 is 1.59 bits per heavy atom. The van der Waals surface area contributed by atoms with Crippen molar-refractivity contribution in [1.29, 1.82) is 0 Å². The number of aromatic nitrogens is 2. The summed E-state index contributed by atoms with van der Waals surface area (Å²) >= 11 is 1.53. The number of carbonyl (C=O) groups is 1. The highest BCUT2D eigenvalue weighted by Crippen LogP contribution is 2.21. The van der Waals surface area contributed by atoms with Crippen LogP contribution in [0.5, 0.6) is 0 Å². The highest BCUT2D eigenvalue weighted by molar-refractivity contribution is 7.18. The fourth-order valence-electron chi connectivity index (χ4n) is 1.63. The molecule has 0 aliphatic carbocycles. The molecule has 0 fully saturated rings. The van der Waals surface area contributed by atoms with Crippen LogP contribution in [0.3, 0.4) is 0 Å². The van der Waals surface area contributed by atoms with Gasteiger partial charge < -0.3 is 0 Å². The van der Waals surface area contributed by atoms with Gasteiger partial charge in [0.2, 0.25) is 0 Å². The van der Waals surface area contributed by atoms with Gasteiger partial charge in [0.15, 0.2) is 5.78 Å². The summed E-state index contributed by atoms with van der Waals surface area (Å²) in [4.78, 5) is 29.6. The van der Waals surface area contributed by atoms with E-state index in [0.29, 0.717) is 5.39 Å². The summed E-state index contributed by atoms with van der Waals surface area (Å²) in [5, 5.41) is 0.613. The van der Waals surface area contributed by atoms with Crippen LogP contribution in [-0.4, -0.2) is 15.3 Å². The van der Waals surface area contributed by atoms with Crippen LogP contribution in [0, 0.1) is 0 Å². The Morgan fingerprint density at radius 3 is 2.88 bits per heavy atom. The third-order valence-corrected chi connectivity index (χ3v) is 4.07. The molecule has 17 heavy (non-hydrogen) atoms. The van der Waals surface area contributed by atoms with Crippen molar-refractivity contribution in [3.05, 3.63) is 27.6 Å². The van der Waals surface area contributed by atoms with Crippen LogP contribution >= 0.6 is 11.3 Å². The molecule has 5 heteroatoms. The molecule has 0 saturated carbocycles. The highest BCUT2D eigenvalue weighted by atomic mass is 32.1. The maximum absolute atomic E-state index is 12.2. The minimum atomic E-state index is -0.454. The van der Waals surface area contributed by atoms with Gasteiger partial charge in [-0.1, -0.05) is 6.92 Å². The molecule has 0 aliphatic rings. The summed E-state index contributed by atoms with van der Waals surface area (Å²) in [6.07, 6.45) is 2.36. The van der Waals surface area contributed by atoms with Gasteiger partial charge in [0.05, 0.1) is 17.8 Å². The number of ketones is 1. The summed E-state index contributed by atoms with van der Waals surface area (Å²) in [6.45, 7) is 5.23. The monoisotopic (exact) mass is 250 g/mol. The van der Waals surface area contributed by atoms with Gasteiger partial charge in [-0.15, -0.1) is 11.3 Å². The Bertz CT molecular complexity index is 627. The van der Waals surface area contributed by atoms with Crippen molar-refractivity contribution in [2.24, 2.45) is 0 Å². The third kappa shape index (κ3) is 2.02. The van der Waals surface area contributed by atoms with Crippen molar-refractivity contribution in [3.8, 4) is 0 Å². The quantitative estimate of drug-likeness (QED) is 0.839. The molecule has 0 bridgehead atoms. The van der Waals surface area contributed by atoms with Crippen LogP contribution in [0.2, 0.25) is 0 Å². The molecule has 0 amide bonds. The smallest absolute Gasteiger partial charge is 0.262 e. The Labute approximate surface area is 103 Å².